The standard InChI is InChI=1S/C12H9IN2O3S/c13-8-3-1-2-4-9(8)15-6-5-10(16)14-12(15)19-7-11(17)18/h1-6H,7H2,(H,17,18). The maximum Gasteiger partial charge on any atom is 0.313 e. The van der Waals surface area contributed by atoms with E-state index in [1.165, 1.54) is 6.07 Å². The summed E-state index contributed by atoms with van der Waals surface area (Å²) in [5.74, 6) is -1.09. The lowest BCUT2D eigenvalue weighted by Crippen LogP contribution is -2.13. The molecule has 98 valence electrons. The fraction of sp³-hybridized carbons (Fsp3) is 0.0833. The van der Waals surface area contributed by atoms with E-state index in [0.717, 1.165) is 21.0 Å². The molecule has 2 aromatic rings. The summed E-state index contributed by atoms with van der Waals surface area (Å²) in [4.78, 5) is 25.8. The Hall–Kier alpha value is -1.35. The number of halogens is 1. The molecule has 1 heterocycles. The van der Waals surface area contributed by atoms with Gasteiger partial charge in [-0.05, 0) is 34.7 Å². The SMILES string of the molecule is O=C(O)CSc1nc(=O)ccn1-c1ccccc1I. The number of hydrogen-bond acceptors (Lipinski definition) is 4. The number of nitrogens with zero attached hydrogens (tertiary/aromatic N) is 2. The van der Waals surface area contributed by atoms with Crippen molar-refractivity contribution in [2.75, 3.05) is 5.75 Å². The summed E-state index contributed by atoms with van der Waals surface area (Å²) in [5, 5.41) is 9.10. The topological polar surface area (TPSA) is 72.2 Å². The quantitative estimate of drug-likeness (QED) is 0.493. The molecular formula is C12H9IN2O3S. The maximum atomic E-state index is 11.3. The van der Waals surface area contributed by atoms with E-state index in [-0.39, 0.29) is 11.3 Å². The van der Waals surface area contributed by atoms with Crippen LogP contribution in [-0.2, 0) is 4.79 Å². The first-order chi connectivity index (χ1) is 9.08. The molecule has 0 saturated carbocycles. The average Bonchev–Trinajstić information content (AvgIpc) is 2.37. The van der Waals surface area contributed by atoms with Crippen LogP contribution >= 0.6 is 34.4 Å². The van der Waals surface area contributed by atoms with Gasteiger partial charge in [-0.25, -0.2) is 0 Å². The molecule has 0 aliphatic heterocycles. The van der Waals surface area contributed by atoms with Gasteiger partial charge in [0.2, 0.25) is 0 Å². The van der Waals surface area contributed by atoms with E-state index in [2.05, 4.69) is 27.6 Å². The second-order valence-electron chi connectivity index (χ2n) is 3.55. The van der Waals surface area contributed by atoms with E-state index in [4.69, 9.17) is 5.11 Å². The monoisotopic (exact) mass is 388 g/mol. The van der Waals surface area contributed by atoms with Crippen LogP contribution < -0.4 is 5.56 Å². The van der Waals surface area contributed by atoms with Crippen molar-refractivity contribution in [1.29, 1.82) is 0 Å². The summed E-state index contributed by atoms with van der Waals surface area (Å²) >= 11 is 3.20. The van der Waals surface area contributed by atoms with E-state index in [0.29, 0.717) is 5.16 Å². The maximum absolute atomic E-state index is 11.3. The van der Waals surface area contributed by atoms with E-state index >= 15 is 0 Å². The lowest BCUT2D eigenvalue weighted by molar-refractivity contribution is -0.133. The Morgan fingerprint density at radius 1 is 1.37 bits per heavy atom. The predicted octanol–water partition coefficient (Wildman–Crippen LogP) is 2.01. The lowest BCUT2D eigenvalue weighted by Gasteiger charge is -2.12. The largest absolute Gasteiger partial charge is 0.481 e. The lowest BCUT2D eigenvalue weighted by atomic mass is 10.3. The smallest absolute Gasteiger partial charge is 0.313 e. The summed E-state index contributed by atoms with van der Waals surface area (Å²) in [6.07, 6.45) is 1.61. The van der Waals surface area contributed by atoms with Gasteiger partial charge in [0.05, 0.1) is 11.4 Å². The Morgan fingerprint density at radius 2 is 2.11 bits per heavy atom. The van der Waals surface area contributed by atoms with E-state index < -0.39 is 5.97 Å². The van der Waals surface area contributed by atoms with E-state index in [1.54, 1.807) is 10.8 Å². The molecule has 7 heteroatoms. The number of carboxylic acid groups (broad SMARTS) is 1. The molecule has 0 fully saturated rings. The molecule has 0 amide bonds. The number of aliphatic carboxylic acids is 1. The molecule has 19 heavy (non-hydrogen) atoms. The Morgan fingerprint density at radius 3 is 2.79 bits per heavy atom. The van der Waals surface area contributed by atoms with Crippen LogP contribution in [0, 0.1) is 3.57 Å². The van der Waals surface area contributed by atoms with E-state index in [1.807, 2.05) is 24.3 Å². The predicted molar refractivity (Wildman–Crippen MR) is 80.9 cm³/mol. The van der Waals surface area contributed by atoms with Crippen molar-refractivity contribution >= 4 is 40.3 Å². The second-order valence-corrected chi connectivity index (χ2v) is 5.66. The van der Waals surface area contributed by atoms with Crippen LogP contribution in [-0.4, -0.2) is 26.4 Å². The van der Waals surface area contributed by atoms with Crippen LogP contribution in [0.1, 0.15) is 0 Å². The van der Waals surface area contributed by atoms with E-state index in [9.17, 15) is 9.59 Å². The van der Waals surface area contributed by atoms with Crippen LogP contribution in [0.2, 0.25) is 0 Å². The van der Waals surface area contributed by atoms with Crippen LogP contribution in [0.25, 0.3) is 5.69 Å². The molecule has 2 rings (SSSR count). The number of carbonyl (C=O) groups is 1. The molecule has 1 N–H and O–H groups in total. The van der Waals surface area contributed by atoms with Gasteiger partial charge in [0.15, 0.2) is 5.16 Å². The zero-order valence-electron chi connectivity index (χ0n) is 9.62. The van der Waals surface area contributed by atoms with Crippen molar-refractivity contribution in [3.05, 3.63) is 50.5 Å². The summed E-state index contributed by atoms with van der Waals surface area (Å²) in [6.45, 7) is 0. The Kier molecular flexibility index (Phi) is 4.59. The normalized spacial score (nSPS) is 10.4. The molecule has 0 radical (unpaired) electrons. The number of rotatable bonds is 4. The summed E-state index contributed by atoms with van der Waals surface area (Å²) < 4.78 is 2.71. The average molecular weight is 388 g/mol. The Labute approximate surface area is 126 Å². The third kappa shape index (κ3) is 3.57. The van der Waals surface area contributed by atoms with Crippen LogP contribution in [0.5, 0.6) is 0 Å². The molecule has 0 saturated heterocycles. The number of carboxylic acids is 1. The highest BCUT2D eigenvalue weighted by Gasteiger charge is 2.10. The third-order valence-corrected chi connectivity index (χ3v) is 4.06. The zero-order valence-corrected chi connectivity index (χ0v) is 12.6. The summed E-state index contributed by atoms with van der Waals surface area (Å²) in [5.41, 5.74) is 0.485. The number of hydrogen-bond donors (Lipinski definition) is 1. The van der Waals surface area contributed by atoms with Crippen molar-refractivity contribution in [3.8, 4) is 5.69 Å². The Balaban J connectivity index is 2.48. The van der Waals surface area contributed by atoms with Crippen molar-refractivity contribution in [2.24, 2.45) is 0 Å². The van der Waals surface area contributed by atoms with Gasteiger partial charge in [-0.15, -0.1) is 0 Å². The number of para-hydroxylation sites is 1. The van der Waals surface area contributed by atoms with Crippen LogP contribution in [0.4, 0.5) is 0 Å². The molecule has 0 bridgehead atoms. The molecule has 0 unspecified atom stereocenters. The van der Waals surface area contributed by atoms with Gasteiger partial charge < -0.3 is 5.11 Å². The van der Waals surface area contributed by atoms with Crippen molar-refractivity contribution in [1.82, 2.24) is 9.55 Å². The van der Waals surface area contributed by atoms with Crippen LogP contribution in [0.3, 0.4) is 0 Å². The number of benzene rings is 1. The fourth-order valence-corrected chi connectivity index (χ4v) is 2.80. The minimum Gasteiger partial charge on any atom is -0.481 e. The molecule has 5 nitrogen and oxygen atoms in total. The first-order valence-corrected chi connectivity index (χ1v) is 7.33. The van der Waals surface area contributed by atoms with Crippen molar-refractivity contribution in [3.63, 3.8) is 0 Å². The highest BCUT2D eigenvalue weighted by molar-refractivity contribution is 14.1. The highest BCUT2D eigenvalue weighted by atomic mass is 127. The third-order valence-electron chi connectivity index (χ3n) is 2.21. The zero-order chi connectivity index (χ0) is 13.8. The molecule has 0 spiro atoms. The van der Waals surface area contributed by atoms with Crippen molar-refractivity contribution < 1.29 is 9.90 Å². The summed E-state index contributed by atoms with van der Waals surface area (Å²) in [6, 6.07) is 8.96. The fourth-order valence-electron chi connectivity index (χ4n) is 1.45. The number of aromatic nitrogens is 2. The van der Waals surface area contributed by atoms with Gasteiger partial charge in [0, 0.05) is 15.8 Å². The molecular weight excluding hydrogens is 379 g/mol. The molecule has 0 atom stereocenters. The molecule has 1 aromatic carbocycles. The second kappa shape index (κ2) is 6.20. The van der Waals surface area contributed by atoms with Crippen molar-refractivity contribution in [2.45, 2.75) is 5.16 Å². The molecule has 0 aliphatic rings. The number of thioether (sulfide) groups is 1. The van der Waals surface area contributed by atoms with Gasteiger partial charge in [0.1, 0.15) is 0 Å². The minimum atomic E-state index is -0.947. The van der Waals surface area contributed by atoms with Gasteiger partial charge >= 0.3 is 5.97 Å². The van der Waals surface area contributed by atoms with Gasteiger partial charge in [-0.1, -0.05) is 23.9 Å². The van der Waals surface area contributed by atoms with Gasteiger partial charge in [-0.3, -0.25) is 14.2 Å². The summed E-state index contributed by atoms with van der Waals surface area (Å²) in [7, 11) is 0. The Bertz CT molecular complexity index is 672. The molecule has 1 aromatic heterocycles. The molecule has 0 aliphatic carbocycles. The van der Waals surface area contributed by atoms with Crippen LogP contribution in [0.15, 0.2) is 46.5 Å². The van der Waals surface area contributed by atoms with Gasteiger partial charge in [0.25, 0.3) is 5.56 Å². The minimum absolute atomic E-state index is 0.139. The van der Waals surface area contributed by atoms with Gasteiger partial charge in [-0.2, -0.15) is 4.98 Å². The first kappa shape index (κ1) is 14.1. The first-order valence-electron chi connectivity index (χ1n) is 5.27. The highest BCUT2D eigenvalue weighted by Crippen LogP contribution is 2.22.